The van der Waals surface area contributed by atoms with E-state index in [0.29, 0.717) is 10.6 Å². The highest BCUT2D eigenvalue weighted by Gasteiger charge is 2.47. The second-order valence-electron chi connectivity index (χ2n) is 7.43. The predicted octanol–water partition coefficient (Wildman–Crippen LogP) is 7.06. The van der Waals surface area contributed by atoms with Crippen molar-refractivity contribution >= 4 is 52.2 Å². The van der Waals surface area contributed by atoms with Crippen molar-refractivity contribution in [3.8, 4) is 0 Å². The Bertz CT molecular complexity index is 1180. The number of alkyl halides is 3. The molecule has 2 atom stereocenters. The van der Waals surface area contributed by atoms with E-state index in [9.17, 15) is 18.0 Å². The van der Waals surface area contributed by atoms with Gasteiger partial charge in [0.15, 0.2) is 11.7 Å². The SMILES string of the molecule is Cc1ccc([C@@H]2C[C@H](C(F)(F)F)n3nc(C(=O)Nc4cc(Cl)ccc4Cl)c(Cl)c3N2)cc1. The monoisotopic (exact) mass is 502 g/mol. The molecule has 1 aliphatic heterocycles. The van der Waals surface area contributed by atoms with Crippen LogP contribution in [0.5, 0.6) is 0 Å². The fourth-order valence-electron chi connectivity index (χ4n) is 3.53. The Morgan fingerprint density at radius 2 is 1.84 bits per heavy atom. The van der Waals surface area contributed by atoms with E-state index in [0.717, 1.165) is 10.2 Å². The molecule has 168 valence electrons. The molecule has 4 rings (SSSR count). The summed E-state index contributed by atoms with van der Waals surface area (Å²) in [5.41, 5.74) is 1.48. The zero-order chi connectivity index (χ0) is 23.2. The topological polar surface area (TPSA) is 59.0 Å². The van der Waals surface area contributed by atoms with Crippen molar-refractivity contribution in [2.75, 3.05) is 10.6 Å². The maximum Gasteiger partial charge on any atom is 0.410 e. The molecule has 0 bridgehead atoms. The number of aromatic nitrogens is 2. The van der Waals surface area contributed by atoms with Gasteiger partial charge in [-0.25, -0.2) is 4.68 Å². The largest absolute Gasteiger partial charge is 0.410 e. The number of fused-ring (bicyclic) bond motifs is 1. The lowest BCUT2D eigenvalue weighted by molar-refractivity contribution is -0.173. The minimum Gasteiger partial charge on any atom is -0.362 e. The number of rotatable bonds is 3. The molecule has 2 heterocycles. The number of halogens is 6. The molecule has 2 aromatic carbocycles. The lowest BCUT2D eigenvalue weighted by atomic mass is 9.96. The van der Waals surface area contributed by atoms with Crippen molar-refractivity contribution < 1.29 is 18.0 Å². The van der Waals surface area contributed by atoms with Gasteiger partial charge in [0.25, 0.3) is 5.91 Å². The van der Waals surface area contributed by atoms with Crippen LogP contribution in [0.1, 0.15) is 40.1 Å². The molecule has 0 saturated carbocycles. The number of carbonyl (C=O) groups is 1. The van der Waals surface area contributed by atoms with E-state index < -0.39 is 24.2 Å². The summed E-state index contributed by atoms with van der Waals surface area (Å²) in [6.07, 6.45) is -4.90. The van der Waals surface area contributed by atoms with Crippen LogP contribution in [0.25, 0.3) is 0 Å². The average molecular weight is 504 g/mol. The quantitative estimate of drug-likeness (QED) is 0.402. The lowest BCUT2D eigenvalue weighted by Crippen LogP contribution is -2.35. The first-order chi connectivity index (χ1) is 15.0. The zero-order valence-corrected chi connectivity index (χ0v) is 18.7. The van der Waals surface area contributed by atoms with E-state index in [4.69, 9.17) is 34.8 Å². The van der Waals surface area contributed by atoms with Gasteiger partial charge < -0.3 is 10.6 Å². The standard InChI is InChI=1S/C21H16Cl3F3N4O/c1-10-2-4-11(5-3-10)14-9-16(21(25,26)27)31-19(28-14)17(24)18(30-31)20(32)29-15-8-12(22)6-7-13(15)23/h2-8,14,16,28H,9H2,1H3,(H,29,32)/t14-,16+/m0/s1. The van der Waals surface area contributed by atoms with E-state index in [-0.39, 0.29) is 33.7 Å². The molecule has 0 fully saturated rings. The number of amides is 1. The van der Waals surface area contributed by atoms with Gasteiger partial charge in [0, 0.05) is 11.4 Å². The summed E-state index contributed by atoms with van der Waals surface area (Å²) in [4.78, 5) is 12.8. The molecule has 3 aromatic rings. The molecule has 5 nitrogen and oxygen atoms in total. The van der Waals surface area contributed by atoms with Crippen LogP contribution in [0.3, 0.4) is 0 Å². The molecule has 1 aliphatic rings. The number of carbonyl (C=O) groups excluding carboxylic acids is 1. The Balaban J connectivity index is 1.71. The highest BCUT2D eigenvalue weighted by Crippen LogP contribution is 2.46. The van der Waals surface area contributed by atoms with E-state index >= 15 is 0 Å². The third-order valence-electron chi connectivity index (χ3n) is 5.17. The third-order valence-corrected chi connectivity index (χ3v) is 6.09. The second kappa shape index (κ2) is 8.50. The van der Waals surface area contributed by atoms with Crippen LogP contribution < -0.4 is 10.6 Å². The molecule has 0 spiro atoms. The van der Waals surface area contributed by atoms with Gasteiger partial charge in [-0.3, -0.25) is 4.79 Å². The number of aryl methyl sites for hydroxylation is 1. The Morgan fingerprint density at radius 3 is 2.50 bits per heavy atom. The summed E-state index contributed by atoms with van der Waals surface area (Å²) >= 11 is 18.3. The van der Waals surface area contributed by atoms with Crippen molar-refractivity contribution in [3.63, 3.8) is 0 Å². The molecular weight excluding hydrogens is 488 g/mol. The van der Waals surface area contributed by atoms with Gasteiger partial charge >= 0.3 is 6.18 Å². The van der Waals surface area contributed by atoms with Crippen molar-refractivity contribution in [1.29, 1.82) is 0 Å². The molecule has 11 heteroatoms. The summed E-state index contributed by atoms with van der Waals surface area (Å²) < 4.78 is 42.4. The van der Waals surface area contributed by atoms with Crippen molar-refractivity contribution in [2.24, 2.45) is 0 Å². The fraction of sp³-hybridized carbons (Fsp3) is 0.238. The van der Waals surface area contributed by atoms with Crippen LogP contribution in [-0.4, -0.2) is 21.9 Å². The summed E-state index contributed by atoms with van der Waals surface area (Å²) in [7, 11) is 0. The zero-order valence-electron chi connectivity index (χ0n) is 16.5. The number of anilines is 2. The number of nitrogens with zero attached hydrogens (tertiary/aromatic N) is 2. The Hall–Kier alpha value is -2.42. The average Bonchev–Trinajstić information content (AvgIpc) is 3.06. The molecule has 0 aliphatic carbocycles. The molecule has 32 heavy (non-hydrogen) atoms. The first kappa shape index (κ1) is 22.8. The molecule has 0 radical (unpaired) electrons. The van der Waals surface area contributed by atoms with Gasteiger partial charge in [-0.05, 0) is 30.7 Å². The molecule has 2 N–H and O–H groups in total. The third kappa shape index (κ3) is 4.40. The van der Waals surface area contributed by atoms with Crippen LogP contribution in [0, 0.1) is 6.92 Å². The Labute approximate surface area is 196 Å². The summed E-state index contributed by atoms with van der Waals surface area (Å²) in [6, 6.07) is 8.96. The smallest absolute Gasteiger partial charge is 0.362 e. The van der Waals surface area contributed by atoms with E-state index in [1.165, 1.54) is 18.2 Å². The molecule has 1 aromatic heterocycles. The minimum atomic E-state index is -4.60. The number of benzene rings is 2. The second-order valence-corrected chi connectivity index (χ2v) is 8.66. The van der Waals surface area contributed by atoms with Crippen LogP contribution >= 0.6 is 34.8 Å². The van der Waals surface area contributed by atoms with Crippen molar-refractivity contribution in [3.05, 3.63) is 74.4 Å². The van der Waals surface area contributed by atoms with Crippen LogP contribution in [-0.2, 0) is 0 Å². The highest BCUT2D eigenvalue weighted by atomic mass is 35.5. The van der Waals surface area contributed by atoms with Gasteiger partial charge in [0.1, 0.15) is 10.8 Å². The summed E-state index contributed by atoms with van der Waals surface area (Å²) in [5, 5.41) is 9.71. The molecule has 1 amide bonds. The Kier molecular flexibility index (Phi) is 6.04. The fourth-order valence-corrected chi connectivity index (χ4v) is 4.13. The normalized spacial score (nSPS) is 18.1. The minimum absolute atomic E-state index is 0.0758. The van der Waals surface area contributed by atoms with Crippen LogP contribution in [0.15, 0.2) is 42.5 Å². The maximum atomic E-state index is 13.9. The van der Waals surface area contributed by atoms with Gasteiger partial charge in [-0.15, -0.1) is 0 Å². The summed E-state index contributed by atoms with van der Waals surface area (Å²) in [5.74, 6) is -0.885. The van der Waals surface area contributed by atoms with Crippen molar-refractivity contribution in [1.82, 2.24) is 9.78 Å². The van der Waals surface area contributed by atoms with Gasteiger partial charge in [-0.1, -0.05) is 64.6 Å². The van der Waals surface area contributed by atoms with Crippen LogP contribution in [0.4, 0.5) is 24.7 Å². The predicted molar refractivity (Wildman–Crippen MR) is 119 cm³/mol. The van der Waals surface area contributed by atoms with Crippen LogP contribution in [0.2, 0.25) is 15.1 Å². The highest BCUT2D eigenvalue weighted by molar-refractivity contribution is 6.38. The molecular formula is C21H16Cl3F3N4O. The van der Waals surface area contributed by atoms with Gasteiger partial charge in [0.05, 0.1) is 16.8 Å². The van der Waals surface area contributed by atoms with E-state index in [2.05, 4.69) is 15.7 Å². The van der Waals surface area contributed by atoms with E-state index in [1.54, 1.807) is 12.1 Å². The molecule has 0 saturated heterocycles. The Morgan fingerprint density at radius 1 is 1.16 bits per heavy atom. The maximum absolute atomic E-state index is 13.9. The van der Waals surface area contributed by atoms with E-state index in [1.807, 2.05) is 19.1 Å². The first-order valence-electron chi connectivity index (χ1n) is 9.49. The number of hydrogen-bond donors (Lipinski definition) is 2. The van der Waals surface area contributed by atoms with Gasteiger partial charge in [0.2, 0.25) is 0 Å². The lowest BCUT2D eigenvalue weighted by Gasteiger charge is -2.33. The van der Waals surface area contributed by atoms with Gasteiger partial charge in [-0.2, -0.15) is 18.3 Å². The molecule has 0 unspecified atom stereocenters. The summed E-state index contributed by atoms with van der Waals surface area (Å²) in [6.45, 7) is 1.89. The number of hydrogen-bond acceptors (Lipinski definition) is 3. The first-order valence-corrected chi connectivity index (χ1v) is 10.6. The van der Waals surface area contributed by atoms with Crippen molar-refractivity contribution in [2.45, 2.75) is 31.6 Å². The number of nitrogens with one attached hydrogen (secondary N) is 2.